The van der Waals surface area contributed by atoms with Crippen LogP contribution in [-0.4, -0.2) is 58.3 Å². The minimum atomic E-state index is -0.459. The number of piperidine rings is 1. The zero-order valence-corrected chi connectivity index (χ0v) is 23.7. The van der Waals surface area contributed by atoms with Crippen molar-refractivity contribution in [3.63, 3.8) is 0 Å². The highest BCUT2D eigenvalue weighted by molar-refractivity contribution is 6.30. The summed E-state index contributed by atoms with van der Waals surface area (Å²) in [5, 5.41) is 0.310. The van der Waals surface area contributed by atoms with Gasteiger partial charge in [0.1, 0.15) is 24.1 Å². The Morgan fingerprint density at radius 1 is 1.07 bits per heavy atom. The van der Waals surface area contributed by atoms with E-state index in [1.165, 1.54) is 25.3 Å². The van der Waals surface area contributed by atoms with Crippen molar-refractivity contribution in [2.75, 3.05) is 26.8 Å². The number of carbonyl (C=O) groups excluding carboxylic acids is 1. The molecule has 0 amide bonds. The summed E-state index contributed by atoms with van der Waals surface area (Å²) < 4.78 is 47.5. The minimum Gasteiger partial charge on any atom is -0.473 e. The molecule has 11 heteroatoms. The Labute approximate surface area is 246 Å². The van der Waals surface area contributed by atoms with E-state index in [1.54, 1.807) is 18.2 Å². The van der Waals surface area contributed by atoms with E-state index in [0.29, 0.717) is 34.9 Å². The second-order valence-corrected chi connectivity index (χ2v) is 11.6. The highest BCUT2D eigenvalue weighted by Crippen LogP contribution is 2.58. The van der Waals surface area contributed by atoms with E-state index in [-0.39, 0.29) is 48.1 Å². The van der Waals surface area contributed by atoms with Crippen LogP contribution in [-0.2, 0) is 29.2 Å². The van der Waals surface area contributed by atoms with Gasteiger partial charge in [-0.2, -0.15) is 0 Å². The first-order valence-electron chi connectivity index (χ1n) is 14.0. The molecule has 2 saturated heterocycles. The molecule has 2 unspecified atom stereocenters. The average molecular weight is 595 g/mol. The number of imidazole rings is 1. The first-order chi connectivity index (χ1) is 20.4. The minimum absolute atomic E-state index is 0.0156. The quantitative estimate of drug-likeness (QED) is 0.241. The number of methoxy groups -OCH3 is 1. The van der Waals surface area contributed by atoms with Gasteiger partial charge in [0.25, 0.3) is 0 Å². The predicted molar refractivity (Wildman–Crippen MR) is 150 cm³/mol. The zero-order valence-electron chi connectivity index (χ0n) is 22.9. The van der Waals surface area contributed by atoms with Gasteiger partial charge in [0.2, 0.25) is 5.88 Å². The van der Waals surface area contributed by atoms with E-state index in [4.69, 9.17) is 30.8 Å². The molecule has 1 saturated carbocycles. The van der Waals surface area contributed by atoms with Crippen LogP contribution in [0.25, 0.3) is 11.0 Å². The molecule has 0 radical (unpaired) electrons. The van der Waals surface area contributed by atoms with Crippen LogP contribution in [0.5, 0.6) is 5.88 Å². The molecule has 0 N–H and O–H groups in total. The number of aromatic nitrogens is 3. The number of halogens is 3. The van der Waals surface area contributed by atoms with E-state index >= 15 is 0 Å². The van der Waals surface area contributed by atoms with Crippen molar-refractivity contribution in [2.24, 2.45) is 11.8 Å². The molecule has 0 bridgehead atoms. The van der Waals surface area contributed by atoms with Crippen LogP contribution in [0.4, 0.5) is 8.78 Å². The maximum atomic E-state index is 14.9. The first-order valence-corrected chi connectivity index (χ1v) is 14.4. The molecule has 8 nitrogen and oxygen atoms in total. The van der Waals surface area contributed by atoms with Gasteiger partial charge in [0.05, 0.1) is 48.6 Å². The number of benzene rings is 2. The molecule has 7 rings (SSSR count). The standard InChI is InChI=1S/C31H29ClF2N4O4/c1-40-31(39)17-3-6-25-26(10-17)38(12-20-8-9-41-20)27(35-25)15-37-13-21-22(14-37)29(21)30-23(33)5-7-28(36-30)42-16-18-2-4-19(32)11-24(18)34/h2-7,10-11,20-22,29H,8-9,12-16H2,1H3/t20-,21?,22?,29?/m0/s1. The van der Waals surface area contributed by atoms with Gasteiger partial charge in [-0.1, -0.05) is 17.7 Å². The van der Waals surface area contributed by atoms with Gasteiger partial charge in [-0.3, -0.25) is 4.90 Å². The van der Waals surface area contributed by atoms with E-state index in [9.17, 15) is 13.6 Å². The van der Waals surface area contributed by atoms with Crippen molar-refractivity contribution in [2.45, 2.75) is 38.1 Å². The molecule has 0 spiro atoms. The molecular formula is C31H29ClF2N4O4. The van der Waals surface area contributed by atoms with Crippen molar-refractivity contribution in [3.8, 4) is 5.88 Å². The number of fused-ring (bicyclic) bond motifs is 2. The third-order valence-electron chi connectivity index (χ3n) is 8.62. The molecule has 2 aromatic heterocycles. The molecule has 42 heavy (non-hydrogen) atoms. The normalized spacial score (nSPS) is 23.0. The highest BCUT2D eigenvalue weighted by atomic mass is 35.5. The van der Waals surface area contributed by atoms with E-state index in [0.717, 1.165) is 43.0 Å². The Balaban J connectivity index is 1.04. The fraction of sp³-hybridized carbons (Fsp3) is 0.387. The van der Waals surface area contributed by atoms with Crippen molar-refractivity contribution in [1.29, 1.82) is 0 Å². The number of rotatable bonds is 9. The van der Waals surface area contributed by atoms with Crippen molar-refractivity contribution < 1.29 is 27.8 Å². The third-order valence-corrected chi connectivity index (χ3v) is 8.85. The maximum absolute atomic E-state index is 14.9. The van der Waals surface area contributed by atoms with E-state index in [1.807, 2.05) is 12.1 Å². The Hall–Kier alpha value is -3.60. The molecule has 3 aliphatic rings. The smallest absolute Gasteiger partial charge is 0.337 e. The van der Waals surface area contributed by atoms with Gasteiger partial charge in [0.15, 0.2) is 0 Å². The van der Waals surface area contributed by atoms with E-state index in [2.05, 4.69) is 14.5 Å². The number of hydrogen-bond donors (Lipinski definition) is 0. The SMILES string of the molecule is COC(=O)c1ccc2nc(CN3CC4C(C3)C4c3nc(OCc4ccc(Cl)cc4F)ccc3F)n(C[C@@H]3CCO3)c2c1. The predicted octanol–water partition coefficient (Wildman–Crippen LogP) is 5.36. The van der Waals surface area contributed by atoms with Gasteiger partial charge in [-0.15, -0.1) is 0 Å². The second kappa shape index (κ2) is 10.9. The summed E-state index contributed by atoms with van der Waals surface area (Å²) >= 11 is 5.83. The second-order valence-electron chi connectivity index (χ2n) is 11.2. The largest absolute Gasteiger partial charge is 0.473 e. The molecule has 218 valence electrons. The lowest BCUT2D eigenvalue weighted by Gasteiger charge is -2.28. The first kappa shape index (κ1) is 27.2. The summed E-state index contributed by atoms with van der Waals surface area (Å²) in [6, 6.07) is 12.7. The van der Waals surface area contributed by atoms with Gasteiger partial charge in [-0.25, -0.2) is 23.5 Å². The van der Waals surface area contributed by atoms with Crippen LogP contribution < -0.4 is 4.74 Å². The van der Waals surface area contributed by atoms with Crippen LogP contribution in [0.3, 0.4) is 0 Å². The molecule has 1 aliphatic carbocycles. The summed E-state index contributed by atoms with van der Waals surface area (Å²) in [6.45, 7) is 3.64. The van der Waals surface area contributed by atoms with E-state index < -0.39 is 5.82 Å². The van der Waals surface area contributed by atoms with Crippen LogP contribution in [0.2, 0.25) is 5.02 Å². The number of likely N-dealkylation sites (tertiary alicyclic amines) is 1. The highest BCUT2D eigenvalue weighted by Gasteiger charge is 2.57. The average Bonchev–Trinajstić information content (AvgIpc) is 3.27. The number of nitrogens with zero attached hydrogens (tertiary/aromatic N) is 4. The van der Waals surface area contributed by atoms with Gasteiger partial charge in [-0.05, 0) is 54.7 Å². The Kier molecular flexibility index (Phi) is 7.08. The fourth-order valence-electron chi connectivity index (χ4n) is 6.27. The van der Waals surface area contributed by atoms with Crippen molar-refractivity contribution in [3.05, 3.63) is 87.8 Å². The van der Waals surface area contributed by atoms with Crippen LogP contribution in [0.1, 0.15) is 39.8 Å². The summed E-state index contributed by atoms with van der Waals surface area (Å²) in [4.78, 5) is 23.9. The van der Waals surface area contributed by atoms with Crippen molar-refractivity contribution in [1.82, 2.24) is 19.4 Å². The van der Waals surface area contributed by atoms with Gasteiger partial charge in [0, 0.05) is 42.3 Å². The molecule has 2 aromatic carbocycles. The summed E-state index contributed by atoms with van der Waals surface area (Å²) in [5.41, 5.74) is 2.94. The zero-order chi connectivity index (χ0) is 29.0. The van der Waals surface area contributed by atoms with Gasteiger partial charge >= 0.3 is 5.97 Å². The van der Waals surface area contributed by atoms with Gasteiger partial charge < -0.3 is 18.8 Å². The molecule has 3 atom stereocenters. The molecule has 4 heterocycles. The molecular weight excluding hydrogens is 566 g/mol. The van der Waals surface area contributed by atoms with Crippen LogP contribution in [0.15, 0.2) is 48.5 Å². The number of ether oxygens (including phenoxy) is 3. The molecule has 2 aliphatic heterocycles. The summed E-state index contributed by atoms with van der Waals surface area (Å²) in [5.74, 6) is 0.569. The van der Waals surface area contributed by atoms with Crippen LogP contribution >= 0.6 is 11.6 Å². The Bertz CT molecular complexity index is 1660. The van der Waals surface area contributed by atoms with Crippen LogP contribution in [0, 0.1) is 23.5 Å². The lowest BCUT2D eigenvalue weighted by Crippen LogP contribution is -2.33. The topological polar surface area (TPSA) is 78.7 Å². The lowest BCUT2D eigenvalue weighted by atomic mass is 10.1. The lowest BCUT2D eigenvalue weighted by molar-refractivity contribution is -0.0591. The Morgan fingerprint density at radius 3 is 2.60 bits per heavy atom. The molecule has 4 aromatic rings. The number of carbonyl (C=O) groups is 1. The summed E-state index contributed by atoms with van der Waals surface area (Å²) in [7, 11) is 1.37. The summed E-state index contributed by atoms with van der Waals surface area (Å²) in [6.07, 6.45) is 1.11. The maximum Gasteiger partial charge on any atom is 0.337 e. The fourth-order valence-corrected chi connectivity index (χ4v) is 6.42. The molecule has 3 fully saturated rings. The number of pyridine rings is 1. The number of esters is 1. The Morgan fingerprint density at radius 2 is 1.88 bits per heavy atom. The monoisotopic (exact) mass is 594 g/mol. The third kappa shape index (κ3) is 5.12. The number of hydrogen-bond acceptors (Lipinski definition) is 7. The van der Waals surface area contributed by atoms with Crippen molar-refractivity contribution >= 4 is 28.6 Å².